The first kappa shape index (κ1) is 15.9. The Labute approximate surface area is 102 Å². The minimum absolute atomic E-state index is 0.561. The molecule has 3 nitrogen and oxygen atoms in total. The fraction of sp³-hybridized carbons (Fsp3) is 1.00. The normalized spacial score (nSPS) is 14.1. The van der Waals surface area contributed by atoms with Crippen molar-refractivity contribution >= 4 is 0 Å². The second-order valence-electron chi connectivity index (χ2n) is 5.29. The summed E-state index contributed by atoms with van der Waals surface area (Å²) in [5, 5.41) is 3.49. The molecule has 0 aliphatic carbocycles. The highest BCUT2D eigenvalue weighted by molar-refractivity contribution is 4.71. The Balaban J connectivity index is 4.03. The highest BCUT2D eigenvalue weighted by atomic mass is 16.5. The summed E-state index contributed by atoms with van der Waals surface area (Å²) in [5.74, 6) is 0.707. The van der Waals surface area contributed by atoms with Gasteiger partial charge in [-0.1, -0.05) is 27.7 Å². The zero-order chi connectivity index (χ0) is 12.6. The first-order valence-electron chi connectivity index (χ1n) is 6.43. The summed E-state index contributed by atoms with van der Waals surface area (Å²) in [6, 6.07) is 1.13. The fourth-order valence-corrected chi connectivity index (χ4v) is 1.70. The Morgan fingerprint density at radius 3 is 2.19 bits per heavy atom. The minimum atomic E-state index is 0.561. The van der Waals surface area contributed by atoms with Crippen LogP contribution in [0.5, 0.6) is 0 Å². The van der Waals surface area contributed by atoms with E-state index in [0.717, 1.165) is 26.2 Å². The van der Waals surface area contributed by atoms with Crippen molar-refractivity contribution in [2.45, 2.75) is 46.7 Å². The van der Waals surface area contributed by atoms with E-state index >= 15 is 0 Å². The van der Waals surface area contributed by atoms with E-state index in [1.54, 1.807) is 7.11 Å². The predicted molar refractivity (Wildman–Crippen MR) is 70.9 cm³/mol. The molecule has 1 atom stereocenters. The van der Waals surface area contributed by atoms with Gasteiger partial charge in [-0.25, -0.2) is 0 Å². The minimum Gasteiger partial charge on any atom is -0.383 e. The third-order valence-electron chi connectivity index (χ3n) is 2.63. The molecule has 0 amide bonds. The fourth-order valence-electron chi connectivity index (χ4n) is 1.70. The summed E-state index contributed by atoms with van der Waals surface area (Å²) in [5.41, 5.74) is 0. The van der Waals surface area contributed by atoms with Crippen molar-refractivity contribution in [1.82, 2.24) is 10.2 Å². The second-order valence-corrected chi connectivity index (χ2v) is 5.29. The number of nitrogens with one attached hydrogen (secondary N) is 1. The molecule has 0 radical (unpaired) electrons. The molecule has 0 rings (SSSR count). The summed E-state index contributed by atoms with van der Waals surface area (Å²) < 4.78 is 5.17. The smallest absolute Gasteiger partial charge is 0.0589 e. The van der Waals surface area contributed by atoms with E-state index in [9.17, 15) is 0 Å². The highest BCUT2D eigenvalue weighted by Gasteiger charge is 2.14. The first-order valence-corrected chi connectivity index (χ1v) is 6.43. The first-order chi connectivity index (χ1) is 7.47. The van der Waals surface area contributed by atoms with Crippen LogP contribution < -0.4 is 5.32 Å². The Kier molecular flexibility index (Phi) is 8.90. The molecule has 0 saturated carbocycles. The zero-order valence-electron chi connectivity index (χ0n) is 11.9. The third kappa shape index (κ3) is 8.08. The quantitative estimate of drug-likeness (QED) is 0.655. The number of ether oxygens (including phenoxy) is 1. The SMILES string of the molecule is COCCN(CC(C)C)C(C)CNC(C)C. The monoisotopic (exact) mass is 230 g/mol. The lowest BCUT2D eigenvalue weighted by Crippen LogP contribution is -2.45. The Morgan fingerprint density at radius 1 is 1.12 bits per heavy atom. The lowest BCUT2D eigenvalue weighted by Gasteiger charge is -2.31. The van der Waals surface area contributed by atoms with Gasteiger partial charge in [0.15, 0.2) is 0 Å². The number of hydrogen-bond acceptors (Lipinski definition) is 3. The standard InChI is InChI=1S/C13H30N2O/c1-11(2)10-15(7-8-16-6)13(5)9-14-12(3)4/h11-14H,7-10H2,1-6H3. The van der Waals surface area contributed by atoms with Gasteiger partial charge in [-0.3, -0.25) is 4.90 Å². The maximum absolute atomic E-state index is 5.17. The van der Waals surface area contributed by atoms with Crippen LogP contribution in [-0.4, -0.2) is 50.3 Å². The van der Waals surface area contributed by atoms with Gasteiger partial charge in [-0.15, -0.1) is 0 Å². The molecule has 0 aromatic rings. The lowest BCUT2D eigenvalue weighted by atomic mass is 10.1. The number of rotatable bonds is 9. The maximum atomic E-state index is 5.17. The van der Waals surface area contributed by atoms with Crippen LogP contribution in [0, 0.1) is 5.92 Å². The highest BCUT2D eigenvalue weighted by Crippen LogP contribution is 2.04. The second kappa shape index (κ2) is 8.97. The summed E-state index contributed by atoms with van der Waals surface area (Å²) in [4.78, 5) is 2.50. The van der Waals surface area contributed by atoms with E-state index in [-0.39, 0.29) is 0 Å². The number of hydrogen-bond donors (Lipinski definition) is 1. The van der Waals surface area contributed by atoms with Crippen molar-refractivity contribution in [3.8, 4) is 0 Å². The number of nitrogens with zero attached hydrogens (tertiary/aromatic N) is 1. The Morgan fingerprint density at radius 2 is 1.75 bits per heavy atom. The van der Waals surface area contributed by atoms with Gasteiger partial charge in [0.25, 0.3) is 0 Å². The van der Waals surface area contributed by atoms with Crippen molar-refractivity contribution in [2.24, 2.45) is 5.92 Å². The van der Waals surface area contributed by atoms with E-state index < -0.39 is 0 Å². The summed E-state index contributed by atoms with van der Waals surface area (Å²) in [6.45, 7) is 15.2. The van der Waals surface area contributed by atoms with Crippen molar-refractivity contribution in [3.05, 3.63) is 0 Å². The molecule has 98 valence electrons. The third-order valence-corrected chi connectivity index (χ3v) is 2.63. The molecular formula is C13H30N2O. The lowest BCUT2D eigenvalue weighted by molar-refractivity contribution is 0.114. The molecule has 0 spiro atoms. The van der Waals surface area contributed by atoms with Crippen LogP contribution >= 0.6 is 0 Å². The van der Waals surface area contributed by atoms with Crippen molar-refractivity contribution in [1.29, 1.82) is 0 Å². The molecule has 0 aromatic carbocycles. The molecule has 0 saturated heterocycles. The van der Waals surface area contributed by atoms with Gasteiger partial charge in [0.2, 0.25) is 0 Å². The van der Waals surface area contributed by atoms with Gasteiger partial charge < -0.3 is 10.1 Å². The Hall–Kier alpha value is -0.120. The van der Waals surface area contributed by atoms with E-state index in [1.165, 1.54) is 0 Å². The summed E-state index contributed by atoms with van der Waals surface area (Å²) in [6.07, 6.45) is 0. The average Bonchev–Trinajstić information content (AvgIpc) is 2.20. The summed E-state index contributed by atoms with van der Waals surface area (Å²) >= 11 is 0. The van der Waals surface area contributed by atoms with E-state index in [0.29, 0.717) is 18.0 Å². The molecular weight excluding hydrogens is 200 g/mol. The molecule has 0 aromatic heterocycles. The Bertz CT molecular complexity index is 160. The van der Waals surface area contributed by atoms with Crippen molar-refractivity contribution in [3.63, 3.8) is 0 Å². The molecule has 0 aliphatic rings. The van der Waals surface area contributed by atoms with Crippen LogP contribution in [0.3, 0.4) is 0 Å². The molecule has 16 heavy (non-hydrogen) atoms. The zero-order valence-corrected chi connectivity index (χ0v) is 11.9. The van der Waals surface area contributed by atoms with Gasteiger partial charge in [-0.05, 0) is 12.8 Å². The number of methoxy groups -OCH3 is 1. The van der Waals surface area contributed by atoms with Crippen molar-refractivity contribution in [2.75, 3.05) is 33.4 Å². The van der Waals surface area contributed by atoms with Crippen LogP contribution in [0.1, 0.15) is 34.6 Å². The average molecular weight is 230 g/mol. The molecule has 1 unspecified atom stereocenters. The largest absolute Gasteiger partial charge is 0.383 e. The van der Waals surface area contributed by atoms with Crippen LogP contribution in [0.4, 0.5) is 0 Å². The van der Waals surface area contributed by atoms with Crippen LogP contribution in [0.15, 0.2) is 0 Å². The van der Waals surface area contributed by atoms with Gasteiger partial charge in [0.05, 0.1) is 6.61 Å². The maximum Gasteiger partial charge on any atom is 0.0589 e. The van der Waals surface area contributed by atoms with Gasteiger partial charge >= 0.3 is 0 Å². The van der Waals surface area contributed by atoms with Crippen LogP contribution in [0.25, 0.3) is 0 Å². The van der Waals surface area contributed by atoms with Gasteiger partial charge in [0, 0.05) is 38.8 Å². The van der Waals surface area contributed by atoms with Gasteiger partial charge in [-0.2, -0.15) is 0 Å². The predicted octanol–water partition coefficient (Wildman–Crippen LogP) is 1.98. The van der Waals surface area contributed by atoms with E-state index in [4.69, 9.17) is 4.74 Å². The molecule has 0 fully saturated rings. The van der Waals surface area contributed by atoms with Crippen molar-refractivity contribution < 1.29 is 4.74 Å². The molecule has 0 heterocycles. The molecule has 0 aliphatic heterocycles. The van der Waals surface area contributed by atoms with E-state index in [1.807, 2.05) is 0 Å². The van der Waals surface area contributed by atoms with E-state index in [2.05, 4.69) is 44.8 Å². The topological polar surface area (TPSA) is 24.5 Å². The van der Waals surface area contributed by atoms with Crippen LogP contribution in [0.2, 0.25) is 0 Å². The van der Waals surface area contributed by atoms with Crippen LogP contribution in [-0.2, 0) is 4.74 Å². The van der Waals surface area contributed by atoms with Gasteiger partial charge in [0.1, 0.15) is 0 Å². The summed E-state index contributed by atoms with van der Waals surface area (Å²) in [7, 11) is 1.77. The molecule has 3 heteroatoms. The molecule has 0 bridgehead atoms. The molecule has 1 N–H and O–H groups in total.